The molecule has 2 aromatic rings. The normalized spacial score (nSPS) is 14.9. The van der Waals surface area contributed by atoms with Crippen LogP contribution in [0.3, 0.4) is 0 Å². The quantitative estimate of drug-likeness (QED) is 0.798. The van der Waals surface area contributed by atoms with Crippen molar-refractivity contribution in [3.05, 3.63) is 71.3 Å². The molecule has 1 aromatic heterocycles. The van der Waals surface area contributed by atoms with Gasteiger partial charge in [0.05, 0.1) is 6.57 Å². The number of pyridine rings is 1. The zero-order chi connectivity index (χ0) is 16.8. The Bertz CT molecular complexity index is 715. The topological polar surface area (TPSA) is 46.8 Å². The molecule has 1 aliphatic rings. The zero-order valence-electron chi connectivity index (χ0n) is 13.4. The number of hydrogen-bond donors (Lipinski definition) is 0. The Balaban J connectivity index is 1.49. The van der Waals surface area contributed by atoms with Gasteiger partial charge in [0, 0.05) is 30.9 Å². The summed E-state index contributed by atoms with van der Waals surface area (Å²) in [7, 11) is 0. The van der Waals surface area contributed by atoms with E-state index >= 15 is 0 Å². The van der Waals surface area contributed by atoms with Gasteiger partial charge in [0.25, 0.3) is 0 Å². The first kappa shape index (κ1) is 16.0. The summed E-state index contributed by atoms with van der Waals surface area (Å²) in [5.74, 6) is 0.336. The van der Waals surface area contributed by atoms with E-state index in [9.17, 15) is 4.79 Å². The summed E-state index contributed by atoms with van der Waals surface area (Å²) in [5, 5.41) is 0. The van der Waals surface area contributed by atoms with Crippen LogP contribution in [0.15, 0.2) is 48.7 Å². The monoisotopic (exact) mass is 321 g/mol. The van der Waals surface area contributed by atoms with E-state index in [4.69, 9.17) is 11.3 Å². The van der Waals surface area contributed by atoms with Crippen molar-refractivity contribution in [2.24, 2.45) is 0 Å². The van der Waals surface area contributed by atoms with Gasteiger partial charge in [0.1, 0.15) is 6.61 Å². The molecule has 0 radical (unpaired) electrons. The Morgan fingerprint density at radius 3 is 2.58 bits per heavy atom. The molecule has 0 unspecified atom stereocenters. The number of likely N-dealkylation sites (tertiary alicyclic amines) is 1. The molecule has 1 fully saturated rings. The zero-order valence-corrected chi connectivity index (χ0v) is 13.4. The molecular formula is C19H19N3O2. The fourth-order valence-corrected chi connectivity index (χ4v) is 2.87. The van der Waals surface area contributed by atoms with Gasteiger partial charge >= 0.3 is 6.09 Å². The van der Waals surface area contributed by atoms with Gasteiger partial charge in [-0.05, 0) is 18.4 Å². The summed E-state index contributed by atoms with van der Waals surface area (Å²) in [6.07, 6.45) is 3.09. The summed E-state index contributed by atoms with van der Waals surface area (Å²) in [4.78, 5) is 21.6. The van der Waals surface area contributed by atoms with Crippen LogP contribution in [0.25, 0.3) is 4.85 Å². The van der Waals surface area contributed by atoms with Crippen molar-refractivity contribution in [2.45, 2.75) is 25.4 Å². The van der Waals surface area contributed by atoms with Crippen molar-refractivity contribution < 1.29 is 9.53 Å². The average Bonchev–Trinajstić information content (AvgIpc) is 2.67. The number of aromatic nitrogens is 1. The number of hydrogen-bond acceptors (Lipinski definition) is 3. The van der Waals surface area contributed by atoms with E-state index < -0.39 is 0 Å². The van der Waals surface area contributed by atoms with Crippen molar-refractivity contribution in [3.8, 4) is 0 Å². The molecule has 3 rings (SSSR count). The Morgan fingerprint density at radius 1 is 1.21 bits per heavy atom. The molecule has 0 N–H and O–H groups in total. The van der Waals surface area contributed by atoms with Crippen molar-refractivity contribution in [1.29, 1.82) is 0 Å². The molecule has 1 aliphatic heterocycles. The smallest absolute Gasteiger partial charge is 0.410 e. The van der Waals surface area contributed by atoms with Crippen LogP contribution >= 0.6 is 0 Å². The molecule has 0 aliphatic carbocycles. The van der Waals surface area contributed by atoms with Crippen molar-refractivity contribution in [2.75, 3.05) is 13.1 Å². The molecular weight excluding hydrogens is 302 g/mol. The number of benzene rings is 1. The highest BCUT2D eigenvalue weighted by atomic mass is 16.6. The van der Waals surface area contributed by atoms with Crippen LogP contribution in [0.2, 0.25) is 0 Å². The number of carbonyl (C=O) groups excluding carboxylic acids is 1. The Morgan fingerprint density at radius 2 is 1.96 bits per heavy atom. The SMILES string of the molecule is [C-]#[N+]c1ccc(C2CCN(C(=O)OCc3ccccc3)CC2)nc1. The van der Waals surface area contributed by atoms with E-state index in [1.165, 1.54) is 0 Å². The number of nitrogens with zero attached hydrogens (tertiary/aromatic N) is 3. The lowest BCUT2D eigenvalue weighted by Crippen LogP contribution is -2.38. The van der Waals surface area contributed by atoms with E-state index in [-0.39, 0.29) is 6.09 Å². The second-order valence-electron chi connectivity index (χ2n) is 5.85. The lowest BCUT2D eigenvalue weighted by Gasteiger charge is -2.31. The van der Waals surface area contributed by atoms with E-state index in [1.807, 2.05) is 36.4 Å². The molecule has 1 amide bonds. The summed E-state index contributed by atoms with van der Waals surface area (Å²) >= 11 is 0. The number of rotatable bonds is 3. The van der Waals surface area contributed by atoms with Crippen LogP contribution in [0.5, 0.6) is 0 Å². The highest BCUT2D eigenvalue weighted by Crippen LogP contribution is 2.27. The number of carbonyl (C=O) groups is 1. The predicted molar refractivity (Wildman–Crippen MR) is 90.7 cm³/mol. The molecule has 2 heterocycles. The molecule has 1 saturated heterocycles. The second-order valence-corrected chi connectivity index (χ2v) is 5.85. The lowest BCUT2D eigenvalue weighted by atomic mass is 9.93. The minimum atomic E-state index is -0.256. The molecule has 0 atom stereocenters. The molecule has 5 heteroatoms. The lowest BCUT2D eigenvalue weighted by molar-refractivity contribution is 0.0868. The molecule has 0 spiro atoms. The second kappa shape index (κ2) is 7.60. The number of amides is 1. The van der Waals surface area contributed by atoms with E-state index in [2.05, 4.69) is 9.83 Å². The molecule has 5 nitrogen and oxygen atoms in total. The molecule has 1 aromatic carbocycles. The Labute approximate surface area is 141 Å². The minimum absolute atomic E-state index is 0.256. The Hall–Kier alpha value is -2.87. The largest absolute Gasteiger partial charge is 0.445 e. The minimum Gasteiger partial charge on any atom is -0.445 e. The number of ether oxygens (including phenoxy) is 1. The summed E-state index contributed by atoms with van der Waals surface area (Å²) < 4.78 is 5.38. The van der Waals surface area contributed by atoms with Crippen LogP contribution < -0.4 is 0 Å². The summed E-state index contributed by atoms with van der Waals surface area (Å²) in [6, 6.07) is 13.4. The van der Waals surface area contributed by atoms with Gasteiger partial charge in [-0.1, -0.05) is 42.5 Å². The van der Waals surface area contributed by atoms with Crippen LogP contribution in [-0.2, 0) is 11.3 Å². The average molecular weight is 321 g/mol. The van der Waals surface area contributed by atoms with Gasteiger partial charge in [0.2, 0.25) is 5.69 Å². The van der Waals surface area contributed by atoms with Crippen LogP contribution in [0.1, 0.15) is 30.0 Å². The third kappa shape index (κ3) is 3.90. The third-order valence-corrected chi connectivity index (χ3v) is 4.28. The van der Waals surface area contributed by atoms with Gasteiger partial charge in [0.15, 0.2) is 0 Å². The van der Waals surface area contributed by atoms with Crippen LogP contribution in [0, 0.1) is 6.57 Å². The standard InChI is InChI=1S/C19H19N3O2/c1-20-17-7-8-18(21-13-17)16-9-11-22(12-10-16)19(23)24-14-15-5-3-2-4-6-15/h2-8,13,16H,9-12,14H2. The highest BCUT2D eigenvalue weighted by Gasteiger charge is 2.25. The molecule has 24 heavy (non-hydrogen) atoms. The molecule has 0 saturated carbocycles. The third-order valence-electron chi connectivity index (χ3n) is 4.28. The van der Waals surface area contributed by atoms with Gasteiger partial charge in [-0.25, -0.2) is 9.64 Å². The van der Waals surface area contributed by atoms with Gasteiger partial charge in [-0.2, -0.15) is 0 Å². The maximum absolute atomic E-state index is 12.2. The van der Waals surface area contributed by atoms with Gasteiger partial charge in [-0.15, -0.1) is 0 Å². The van der Waals surface area contributed by atoms with Gasteiger partial charge in [-0.3, -0.25) is 4.98 Å². The Kier molecular flexibility index (Phi) is 5.07. The summed E-state index contributed by atoms with van der Waals surface area (Å²) in [6.45, 7) is 8.61. The first-order chi connectivity index (χ1) is 11.8. The van der Waals surface area contributed by atoms with E-state index in [1.54, 1.807) is 17.2 Å². The van der Waals surface area contributed by atoms with Crippen LogP contribution in [-0.4, -0.2) is 29.1 Å². The number of piperidine rings is 1. The van der Waals surface area contributed by atoms with Crippen LogP contribution in [0.4, 0.5) is 10.5 Å². The first-order valence-corrected chi connectivity index (χ1v) is 8.05. The predicted octanol–water partition coefficient (Wildman–Crippen LogP) is 4.15. The van der Waals surface area contributed by atoms with Crippen molar-refractivity contribution in [1.82, 2.24) is 9.88 Å². The first-order valence-electron chi connectivity index (χ1n) is 8.05. The fraction of sp³-hybridized carbons (Fsp3) is 0.316. The maximum atomic E-state index is 12.2. The molecule has 0 bridgehead atoms. The maximum Gasteiger partial charge on any atom is 0.410 e. The highest BCUT2D eigenvalue weighted by molar-refractivity contribution is 5.67. The molecule has 122 valence electrons. The van der Waals surface area contributed by atoms with Crippen molar-refractivity contribution in [3.63, 3.8) is 0 Å². The summed E-state index contributed by atoms with van der Waals surface area (Å²) in [5.41, 5.74) is 2.55. The van der Waals surface area contributed by atoms with E-state index in [0.29, 0.717) is 31.3 Å². The van der Waals surface area contributed by atoms with E-state index in [0.717, 1.165) is 24.1 Å². The van der Waals surface area contributed by atoms with Crippen molar-refractivity contribution >= 4 is 11.8 Å². The van der Waals surface area contributed by atoms with Gasteiger partial charge < -0.3 is 9.64 Å². The fourth-order valence-electron chi connectivity index (χ4n) is 2.87.